The van der Waals surface area contributed by atoms with Crippen LogP contribution in [0.3, 0.4) is 0 Å². The van der Waals surface area contributed by atoms with E-state index in [0.717, 1.165) is 24.3 Å². The second-order valence-electron chi connectivity index (χ2n) is 6.89. The minimum absolute atomic E-state index is 0.00533. The number of anilines is 2. The molecular weight excluding hydrogens is 430 g/mol. The number of nitrogens with one attached hydrogen (secondary N) is 1. The molecule has 0 bridgehead atoms. The van der Waals surface area contributed by atoms with E-state index in [1.165, 1.54) is 34.0 Å². The number of rotatable bonds is 3. The Morgan fingerprint density at radius 2 is 1.84 bits per heavy atom. The van der Waals surface area contributed by atoms with Gasteiger partial charge in [0.2, 0.25) is 0 Å². The Labute approximate surface area is 178 Å². The minimum atomic E-state index is -4.49. The summed E-state index contributed by atoms with van der Waals surface area (Å²) in [5.74, 6) is -2.01. The molecule has 7 nitrogen and oxygen atoms in total. The molecule has 4 rings (SSSR count). The van der Waals surface area contributed by atoms with E-state index < -0.39 is 29.4 Å². The summed E-state index contributed by atoms with van der Waals surface area (Å²) in [4.78, 5) is 26.9. The molecule has 2 aromatic carbocycles. The number of halogens is 4. The second kappa shape index (κ2) is 7.81. The Hall–Kier alpha value is -4.20. The Kier molecular flexibility index (Phi) is 5.14. The summed E-state index contributed by atoms with van der Waals surface area (Å²) >= 11 is 0. The van der Waals surface area contributed by atoms with Crippen LogP contribution in [0.4, 0.5) is 28.9 Å². The van der Waals surface area contributed by atoms with Crippen LogP contribution in [-0.2, 0) is 12.7 Å². The maximum absolute atomic E-state index is 13.5. The summed E-state index contributed by atoms with van der Waals surface area (Å²) in [6, 6.07) is 9.08. The molecular formula is C21H13F4N5O2. The number of alkyl halides is 3. The summed E-state index contributed by atoms with van der Waals surface area (Å²) < 4.78 is 53.3. The molecule has 2 heterocycles. The van der Waals surface area contributed by atoms with E-state index in [1.54, 1.807) is 6.07 Å². The third-order valence-corrected chi connectivity index (χ3v) is 4.93. The van der Waals surface area contributed by atoms with E-state index in [0.29, 0.717) is 0 Å². The molecule has 0 saturated carbocycles. The first-order valence-electron chi connectivity index (χ1n) is 9.25. The first kappa shape index (κ1) is 21.0. The van der Waals surface area contributed by atoms with Crippen LogP contribution >= 0.6 is 0 Å². The van der Waals surface area contributed by atoms with Gasteiger partial charge < -0.3 is 10.2 Å². The van der Waals surface area contributed by atoms with Crippen LogP contribution in [0.1, 0.15) is 32.0 Å². The van der Waals surface area contributed by atoms with Gasteiger partial charge in [0.15, 0.2) is 0 Å². The van der Waals surface area contributed by atoms with Crippen LogP contribution < -0.4 is 10.2 Å². The number of amides is 2. The van der Waals surface area contributed by atoms with E-state index in [1.807, 2.05) is 0 Å². The predicted octanol–water partition coefficient (Wildman–Crippen LogP) is 3.83. The van der Waals surface area contributed by atoms with Gasteiger partial charge in [0, 0.05) is 17.8 Å². The fourth-order valence-corrected chi connectivity index (χ4v) is 3.32. The number of benzene rings is 2. The fraction of sp³-hybridized carbons (Fsp3) is 0.143. The zero-order valence-electron chi connectivity index (χ0n) is 16.2. The van der Waals surface area contributed by atoms with E-state index in [9.17, 15) is 27.2 Å². The highest BCUT2D eigenvalue weighted by atomic mass is 19.4. The molecule has 0 saturated heterocycles. The van der Waals surface area contributed by atoms with Crippen molar-refractivity contribution < 1.29 is 27.2 Å². The Morgan fingerprint density at radius 1 is 1.12 bits per heavy atom. The van der Waals surface area contributed by atoms with Gasteiger partial charge in [-0.25, -0.2) is 4.39 Å². The lowest BCUT2D eigenvalue weighted by Gasteiger charge is -2.28. The number of fused-ring (bicyclic) bond motifs is 1. The van der Waals surface area contributed by atoms with Gasteiger partial charge in [0.25, 0.3) is 11.8 Å². The summed E-state index contributed by atoms with van der Waals surface area (Å²) in [5.41, 5.74) is -0.735. The maximum Gasteiger partial charge on any atom is 0.416 e. The van der Waals surface area contributed by atoms with Crippen molar-refractivity contribution >= 4 is 23.2 Å². The van der Waals surface area contributed by atoms with Crippen molar-refractivity contribution in [3.8, 4) is 6.07 Å². The zero-order chi connectivity index (χ0) is 23.0. The highest BCUT2D eigenvalue weighted by Gasteiger charge is 2.33. The summed E-state index contributed by atoms with van der Waals surface area (Å²) in [6.07, 6.45) is -3.22. The van der Waals surface area contributed by atoms with Crippen molar-refractivity contribution in [2.45, 2.75) is 12.7 Å². The number of carbonyl (C=O) groups is 2. The molecule has 0 unspecified atom stereocenters. The van der Waals surface area contributed by atoms with Crippen molar-refractivity contribution in [3.05, 3.63) is 76.9 Å². The third-order valence-electron chi connectivity index (χ3n) is 4.93. The fourth-order valence-electron chi connectivity index (χ4n) is 3.32. The third kappa shape index (κ3) is 3.78. The lowest BCUT2D eigenvalue weighted by atomic mass is 10.1. The van der Waals surface area contributed by atoms with Crippen molar-refractivity contribution in [1.29, 1.82) is 5.26 Å². The predicted molar refractivity (Wildman–Crippen MR) is 104 cm³/mol. The number of carbonyl (C=O) groups excluding carboxylic acids is 2. The molecule has 1 N–H and O–H groups in total. The molecule has 2 amide bonds. The molecule has 1 aromatic heterocycles. The molecule has 32 heavy (non-hydrogen) atoms. The lowest BCUT2D eigenvalue weighted by molar-refractivity contribution is -0.137. The standard InChI is InChI=1S/C21H13F4N5O2/c22-16-6-1-12(9-13(16)10-26)19(31)28-17-11-27-30-8-7-29(20(32)18(17)30)15-4-2-14(3-5-15)21(23,24)25/h1-6,9,11H,7-8H2,(H,28,31). The molecule has 3 aromatic rings. The van der Waals surface area contributed by atoms with Crippen LogP contribution in [0.5, 0.6) is 0 Å². The number of aromatic nitrogens is 2. The Morgan fingerprint density at radius 3 is 2.50 bits per heavy atom. The van der Waals surface area contributed by atoms with Crippen LogP contribution in [0, 0.1) is 17.1 Å². The molecule has 1 aliphatic rings. The molecule has 0 radical (unpaired) electrons. The Bertz CT molecular complexity index is 1260. The van der Waals surface area contributed by atoms with Crippen LogP contribution in [0.25, 0.3) is 0 Å². The quantitative estimate of drug-likeness (QED) is 0.623. The van der Waals surface area contributed by atoms with Crippen molar-refractivity contribution in [3.63, 3.8) is 0 Å². The van der Waals surface area contributed by atoms with Gasteiger partial charge in [-0.15, -0.1) is 0 Å². The largest absolute Gasteiger partial charge is 0.416 e. The first-order chi connectivity index (χ1) is 15.2. The van der Waals surface area contributed by atoms with E-state index >= 15 is 0 Å². The first-order valence-corrected chi connectivity index (χ1v) is 9.25. The summed E-state index contributed by atoms with van der Waals surface area (Å²) in [5, 5.41) is 15.5. The number of nitrogens with zero attached hydrogens (tertiary/aromatic N) is 4. The van der Waals surface area contributed by atoms with Gasteiger partial charge in [-0.2, -0.15) is 23.5 Å². The van der Waals surface area contributed by atoms with Crippen molar-refractivity contribution in [2.75, 3.05) is 16.8 Å². The van der Waals surface area contributed by atoms with Gasteiger partial charge in [-0.05, 0) is 42.5 Å². The van der Waals surface area contributed by atoms with Crippen LogP contribution in [0.15, 0.2) is 48.7 Å². The van der Waals surface area contributed by atoms with Crippen molar-refractivity contribution in [2.24, 2.45) is 0 Å². The zero-order valence-corrected chi connectivity index (χ0v) is 16.2. The van der Waals surface area contributed by atoms with Gasteiger partial charge in [-0.3, -0.25) is 14.3 Å². The smallest absolute Gasteiger partial charge is 0.319 e. The summed E-state index contributed by atoms with van der Waals surface area (Å²) in [6.45, 7) is 0.433. The molecule has 162 valence electrons. The van der Waals surface area contributed by atoms with E-state index in [2.05, 4.69) is 10.4 Å². The highest BCUT2D eigenvalue weighted by Crippen LogP contribution is 2.32. The molecule has 1 aliphatic heterocycles. The maximum atomic E-state index is 13.5. The SMILES string of the molecule is N#Cc1cc(C(=O)Nc2cnn3c2C(=O)N(c2ccc(C(F)(F)F)cc2)CC3)ccc1F. The van der Waals surface area contributed by atoms with E-state index in [4.69, 9.17) is 5.26 Å². The average molecular weight is 443 g/mol. The molecule has 0 atom stereocenters. The van der Waals surface area contributed by atoms with Gasteiger partial charge >= 0.3 is 6.18 Å². The molecule has 0 fully saturated rings. The van der Waals surface area contributed by atoms with Gasteiger partial charge in [0.1, 0.15) is 17.6 Å². The van der Waals surface area contributed by atoms with Crippen LogP contribution in [0.2, 0.25) is 0 Å². The number of hydrogen-bond donors (Lipinski definition) is 1. The Balaban J connectivity index is 1.59. The summed E-state index contributed by atoms with van der Waals surface area (Å²) in [7, 11) is 0. The number of nitriles is 1. The highest BCUT2D eigenvalue weighted by molar-refractivity contribution is 6.13. The second-order valence-corrected chi connectivity index (χ2v) is 6.89. The topological polar surface area (TPSA) is 91.0 Å². The number of hydrogen-bond acceptors (Lipinski definition) is 4. The van der Waals surface area contributed by atoms with Gasteiger partial charge in [0.05, 0.1) is 29.6 Å². The minimum Gasteiger partial charge on any atom is -0.319 e. The lowest BCUT2D eigenvalue weighted by Crippen LogP contribution is -2.41. The van der Waals surface area contributed by atoms with Crippen LogP contribution in [-0.4, -0.2) is 28.1 Å². The molecule has 11 heteroatoms. The average Bonchev–Trinajstić information content (AvgIpc) is 3.17. The molecule has 0 spiro atoms. The monoisotopic (exact) mass is 443 g/mol. The van der Waals surface area contributed by atoms with E-state index in [-0.39, 0.29) is 41.3 Å². The van der Waals surface area contributed by atoms with Gasteiger partial charge in [-0.1, -0.05) is 0 Å². The normalized spacial score (nSPS) is 13.5. The molecule has 0 aliphatic carbocycles. The van der Waals surface area contributed by atoms with Crippen molar-refractivity contribution in [1.82, 2.24) is 9.78 Å².